The lowest BCUT2D eigenvalue weighted by molar-refractivity contribution is -0.122. The average Bonchev–Trinajstić information content (AvgIpc) is 3.16. The Morgan fingerprint density at radius 1 is 0.862 bits per heavy atom. The molecule has 0 bridgehead atoms. The van der Waals surface area contributed by atoms with E-state index in [0.717, 1.165) is 11.1 Å². The van der Waals surface area contributed by atoms with Gasteiger partial charge in [-0.3, -0.25) is 9.59 Å². The van der Waals surface area contributed by atoms with Crippen LogP contribution in [0.5, 0.6) is 11.5 Å². The lowest BCUT2D eigenvalue weighted by Crippen LogP contribution is -2.38. The fraction of sp³-hybridized carbons (Fsp3) is 0.273. The number of carbonyl (C=O) groups is 2. The van der Waals surface area contributed by atoms with Crippen LogP contribution in [0.1, 0.15) is 42.2 Å². The van der Waals surface area contributed by atoms with Crippen LogP contribution in [-0.4, -0.2) is 18.5 Å². The van der Waals surface area contributed by atoms with Crippen LogP contribution in [0.15, 0.2) is 47.7 Å². The summed E-state index contributed by atoms with van der Waals surface area (Å²) in [5, 5.41) is 3.87. The molecule has 0 saturated carbocycles. The smallest absolute Gasteiger partial charge is 0.231 e. The molecule has 1 amide bonds. The summed E-state index contributed by atoms with van der Waals surface area (Å²) in [6, 6.07) is 11.0. The second-order valence-electron chi connectivity index (χ2n) is 7.51. The number of hydrogen-bond acceptors (Lipinski definition) is 4. The maximum absolute atomic E-state index is 13.2. The minimum absolute atomic E-state index is 0.0463. The van der Waals surface area contributed by atoms with Crippen molar-refractivity contribution in [2.45, 2.75) is 31.1 Å². The van der Waals surface area contributed by atoms with Gasteiger partial charge in [0.25, 0.3) is 0 Å². The summed E-state index contributed by atoms with van der Waals surface area (Å²) in [6.07, 6.45) is 1.18. The Kier molecular flexibility index (Phi) is 4.52. The first-order valence-corrected chi connectivity index (χ1v) is 10.2. The van der Waals surface area contributed by atoms with Crippen molar-refractivity contribution in [2.24, 2.45) is 0 Å². The molecule has 0 aromatic heterocycles. The summed E-state index contributed by atoms with van der Waals surface area (Å²) in [7, 11) is 0. The van der Waals surface area contributed by atoms with E-state index in [1.807, 2.05) is 24.3 Å². The summed E-state index contributed by atoms with van der Waals surface area (Å²) in [5.41, 5.74) is 3.23. The number of allylic oxidation sites excluding steroid dienone is 2. The quantitative estimate of drug-likeness (QED) is 0.749. The van der Waals surface area contributed by atoms with Gasteiger partial charge in [-0.1, -0.05) is 35.3 Å². The second kappa shape index (κ2) is 7.08. The molecule has 2 unspecified atom stereocenters. The zero-order valence-corrected chi connectivity index (χ0v) is 16.8. The van der Waals surface area contributed by atoms with Gasteiger partial charge in [-0.2, -0.15) is 0 Å². The summed E-state index contributed by atoms with van der Waals surface area (Å²) in [6.45, 7) is 0.183. The maximum Gasteiger partial charge on any atom is 0.231 e. The van der Waals surface area contributed by atoms with E-state index >= 15 is 0 Å². The van der Waals surface area contributed by atoms with Crippen LogP contribution in [0, 0.1) is 0 Å². The Balaban J connectivity index is 1.51. The normalized spacial score (nSPS) is 23.1. The van der Waals surface area contributed by atoms with E-state index in [1.54, 1.807) is 12.1 Å². The molecule has 2 aromatic carbocycles. The number of rotatable bonds is 2. The first-order valence-electron chi connectivity index (χ1n) is 9.40. The number of carbonyl (C=O) groups excluding carboxylic acids is 2. The van der Waals surface area contributed by atoms with Gasteiger partial charge >= 0.3 is 0 Å². The van der Waals surface area contributed by atoms with Gasteiger partial charge in [0.1, 0.15) is 0 Å². The fourth-order valence-electron chi connectivity index (χ4n) is 4.38. The van der Waals surface area contributed by atoms with Crippen molar-refractivity contribution in [3.05, 3.63) is 68.8 Å². The van der Waals surface area contributed by atoms with Gasteiger partial charge in [0.2, 0.25) is 12.7 Å². The van der Waals surface area contributed by atoms with E-state index in [-0.39, 0.29) is 36.7 Å². The van der Waals surface area contributed by atoms with E-state index in [9.17, 15) is 9.59 Å². The van der Waals surface area contributed by atoms with Crippen molar-refractivity contribution in [3.8, 4) is 11.5 Å². The van der Waals surface area contributed by atoms with Crippen molar-refractivity contribution in [1.82, 2.24) is 5.32 Å². The highest BCUT2D eigenvalue weighted by Crippen LogP contribution is 2.45. The van der Waals surface area contributed by atoms with Gasteiger partial charge < -0.3 is 14.8 Å². The molecule has 1 N–H and O–H groups in total. The van der Waals surface area contributed by atoms with E-state index in [4.69, 9.17) is 32.7 Å². The summed E-state index contributed by atoms with van der Waals surface area (Å²) < 4.78 is 10.8. The Labute approximate surface area is 177 Å². The van der Waals surface area contributed by atoms with Gasteiger partial charge in [0.15, 0.2) is 17.3 Å². The highest BCUT2D eigenvalue weighted by atomic mass is 35.5. The monoisotopic (exact) mass is 429 g/mol. The first kappa shape index (κ1) is 18.5. The number of halogens is 2. The van der Waals surface area contributed by atoms with Gasteiger partial charge in [0.05, 0.1) is 10.0 Å². The van der Waals surface area contributed by atoms with Crippen LogP contribution < -0.4 is 14.8 Å². The SMILES string of the molecule is O=C1CC(c2ccc3c(c2)OCO3)C2=C(CC(c3ccc(Cl)c(Cl)c3)CC2=O)N1. The highest BCUT2D eigenvalue weighted by Gasteiger charge is 2.38. The van der Waals surface area contributed by atoms with Crippen LogP contribution in [0.4, 0.5) is 0 Å². The molecule has 29 heavy (non-hydrogen) atoms. The molecule has 1 aliphatic carbocycles. The summed E-state index contributed by atoms with van der Waals surface area (Å²) >= 11 is 12.2. The summed E-state index contributed by atoms with van der Waals surface area (Å²) in [5.74, 6) is 0.951. The number of hydrogen-bond donors (Lipinski definition) is 1. The van der Waals surface area contributed by atoms with Crippen molar-refractivity contribution < 1.29 is 19.1 Å². The Morgan fingerprint density at radius 3 is 2.48 bits per heavy atom. The molecule has 0 radical (unpaired) electrons. The number of amides is 1. The van der Waals surface area contributed by atoms with Crippen LogP contribution in [-0.2, 0) is 9.59 Å². The largest absolute Gasteiger partial charge is 0.454 e. The average molecular weight is 430 g/mol. The van der Waals surface area contributed by atoms with E-state index in [1.165, 1.54) is 0 Å². The van der Waals surface area contributed by atoms with Gasteiger partial charge in [-0.15, -0.1) is 0 Å². The third kappa shape index (κ3) is 3.28. The Hall–Kier alpha value is -2.50. The molecule has 2 atom stereocenters. The third-order valence-corrected chi connectivity index (χ3v) is 6.49. The number of nitrogens with one attached hydrogen (secondary N) is 1. The van der Waals surface area contributed by atoms with Crippen molar-refractivity contribution in [1.29, 1.82) is 0 Å². The molecular formula is C22H17Cl2NO4. The molecule has 2 heterocycles. The van der Waals surface area contributed by atoms with Crippen LogP contribution in [0.3, 0.4) is 0 Å². The topological polar surface area (TPSA) is 64.6 Å². The number of benzene rings is 2. The molecule has 0 saturated heterocycles. The lowest BCUT2D eigenvalue weighted by Gasteiger charge is -2.34. The van der Waals surface area contributed by atoms with Crippen LogP contribution >= 0.6 is 23.2 Å². The molecular weight excluding hydrogens is 413 g/mol. The van der Waals surface area contributed by atoms with E-state index in [2.05, 4.69) is 5.32 Å². The minimum Gasteiger partial charge on any atom is -0.454 e. The van der Waals surface area contributed by atoms with E-state index < -0.39 is 0 Å². The summed E-state index contributed by atoms with van der Waals surface area (Å²) in [4.78, 5) is 25.6. The predicted molar refractivity (Wildman–Crippen MR) is 109 cm³/mol. The van der Waals surface area contributed by atoms with E-state index in [0.29, 0.717) is 45.7 Å². The van der Waals surface area contributed by atoms with Gasteiger partial charge in [-0.25, -0.2) is 0 Å². The Morgan fingerprint density at radius 2 is 1.66 bits per heavy atom. The zero-order valence-electron chi connectivity index (χ0n) is 15.3. The van der Waals surface area contributed by atoms with Crippen molar-refractivity contribution >= 4 is 34.9 Å². The zero-order chi connectivity index (χ0) is 20.1. The van der Waals surface area contributed by atoms with Gasteiger partial charge in [-0.05, 0) is 47.7 Å². The molecule has 148 valence electrons. The fourth-order valence-corrected chi connectivity index (χ4v) is 4.68. The van der Waals surface area contributed by atoms with Gasteiger partial charge in [0, 0.05) is 30.0 Å². The molecule has 0 fully saturated rings. The molecule has 2 aromatic rings. The van der Waals surface area contributed by atoms with Crippen LogP contribution in [0.25, 0.3) is 0 Å². The molecule has 3 aliphatic rings. The molecule has 5 nitrogen and oxygen atoms in total. The maximum atomic E-state index is 13.2. The Bertz CT molecular complexity index is 1080. The van der Waals surface area contributed by atoms with Crippen molar-refractivity contribution in [2.75, 3.05) is 6.79 Å². The minimum atomic E-state index is -0.282. The highest BCUT2D eigenvalue weighted by molar-refractivity contribution is 6.42. The number of fused-ring (bicyclic) bond motifs is 1. The molecule has 5 rings (SSSR count). The van der Waals surface area contributed by atoms with Crippen molar-refractivity contribution in [3.63, 3.8) is 0 Å². The lowest BCUT2D eigenvalue weighted by atomic mass is 9.73. The molecule has 2 aliphatic heterocycles. The predicted octanol–water partition coefficient (Wildman–Crippen LogP) is 4.73. The second-order valence-corrected chi connectivity index (χ2v) is 8.33. The van der Waals surface area contributed by atoms with Crippen LogP contribution in [0.2, 0.25) is 10.0 Å². The number of ketones is 1. The third-order valence-electron chi connectivity index (χ3n) is 5.75. The molecule has 0 spiro atoms. The first-order chi connectivity index (χ1) is 14.0. The number of Topliss-reactive ketones (excluding diaryl/α,β-unsaturated/α-hetero) is 1. The standard InChI is InChI=1S/C22H17Cl2NO4/c23-15-3-1-11(5-16(15)24)13-6-17-22(18(26)7-13)14(9-21(27)25-17)12-2-4-19-20(8-12)29-10-28-19/h1-5,8,13-14H,6-7,9-10H2,(H,25,27). The molecule has 7 heteroatoms. The number of ether oxygens (including phenoxy) is 2.